The van der Waals surface area contributed by atoms with Crippen molar-refractivity contribution in [2.24, 2.45) is 0 Å². The second kappa shape index (κ2) is 11.4. The first-order valence-electron chi connectivity index (χ1n) is 11.5. The van der Waals surface area contributed by atoms with E-state index in [4.69, 9.17) is 13.9 Å². The van der Waals surface area contributed by atoms with Crippen molar-refractivity contribution in [3.05, 3.63) is 78.0 Å². The second-order valence-electron chi connectivity index (χ2n) is 8.12. The molecule has 1 aliphatic rings. The molecule has 178 valence electrons. The van der Waals surface area contributed by atoms with Gasteiger partial charge in [0.15, 0.2) is 17.3 Å². The highest BCUT2D eigenvalue weighted by molar-refractivity contribution is 5.95. The van der Waals surface area contributed by atoms with E-state index in [1.54, 1.807) is 30.3 Å². The van der Waals surface area contributed by atoms with E-state index in [-0.39, 0.29) is 24.1 Å². The largest absolute Gasteiger partial charge is 0.493 e. The molecule has 1 aliphatic heterocycles. The highest BCUT2D eigenvalue weighted by Crippen LogP contribution is 2.30. The zero-order valence-electron chi connectivity index (χ0n) is 19.2. The lowest BCUT2D eigenvalue weighted by Crippen LogP contribution is -2.48. The summed E-state index contributed by atoms with van der Waals surface area (Å²) in [5.41, 5.74) is 1.78. The van der Waals surface area contributed by atoms with Gasteiger partial charge < -0.3 is 24.1 Å². The fraction of sp³-hybridized carbons (Fsp3) is 0.346. The lowest BCUT2D eigenvalue weighted by atomic mass is 10.1. The van der Waals surface area contributed by atoms with E-state index in [1.807, 2.05) is 36.4 Å². The number of carbonyl (C=O) groups excluding carboxylic acids is 2. The fourth-order valence-corrected chi connectivity index (χ4v) is 4.02. The highest BCUT2D eigenvalue weighted by atomic mass is 16.5. The fourth-order valence-electron chi connectivity index (χ4n) is 4.02. The molecule has 0 aliphatic carbocycles. The van der Waals surface area contributed by atoms with Crippen LogP contribution < -0.4 is 14.8 Å². The van der Waals surface area contributed by atoms with Crippen LogP contribution in [0.25, 0.3) is 0 Å². The predicted octanol–water partition coefficient (Wildman–Crippen LogP) is 3.62. The molecule has 0 radical (unpaired) electrons. The maximum Gasteiger partial charge on any atom is 0.290 e. The summed E-state index contributed by atoms with van der Waals surface area (Å²) in [6.07, 6.45) is 6.24. The Labute approximate surface area is 198 Å². The Balaban J connectivity index is 1.51. The highest BCUT2D eigenvalue weighted by Gasteiger charge is 2.32. The first-order chi connectivity index (χ1) is 16.7. The first-order valence-corrected chi connectivity index (χ1v) is 11.5. The molecule has 3 heterocycles. The summed E-state index contributed by atoms with van der Waals surface area (Å²) < 4.78 is 16.8. The molecule has 8 heteroatoms. The van der Waals surface area contributed by atoms with E-state index in [0.29, 0.717) is 37.5 Å². The van der Waals surface area contributed by atoms with E-state index in [1.165, 1.54) is 6.26 Å². The van der Waals surface area contributed by atoms with Crippen LogP contribution in [0, 0.1) is 0 Å². The summed E-state index contributed by atoms with van der Waals surface area (Å²) in [5, 5.41) is 2.92. The molecular weight excluding hydrogens is 434 g/mol. The summed E-state index contributed by atoms with van der Waals surface area (Å²) in [4.78, 5) is 31.9. The Morgan fingerprint density at radius 2 is 2.09 bits per heavy atom. The van der Waals surface area contributed by atoms with Crippen LogP contribution in [0.5, 0.6) is 11.5 Å². The Morgan fingerprint density at radius 1 is 1.18 bits per heavy atom. The van der Waals surface area contributed by atoms with E-state index in [2.05, 4.69) is 10.3 Å². The van der Waals surface area contributed by atoms with Crippen LogP contribution in [0.4, 0.5) is 0 Å². The zero-order chi connectivity index (χ0) is 23.8. The molecule has 3 aromatic rings. The first kappa shape index (κ1) is 23.4. The Kier molecular flexibility index (Phi) is 7.80. The molecule has 0 unspecified atom stereocenters. The maximum absolute atomic E-state index is 13.3. The third-order valence-corrected chi connectivity index (χ3v) is 5.80. The standard InChI is InChI=1S/C26H29N3O5/c1-32-24-17-19(10-11-22(24)34-16-12-20-7-2-4-13-27-20)18-29(26(31)23-9-6-15-33-23)21-8-3-5-14-28-25(21)30/h2,4,6-7,9-11,13,15,17,21H,3,5,8,12,14,16,18H2,1H3,(H,28,30)/t21-/m0/s1. The maximum atomic E-state index is 13.3. The van der Waals surface area contributed by atoms with Crippen LogP contribution in [-0.4, -0.2) is 48.0 Å². The summed E-state index contributed by atoms with van der Waals surface area (Å²) in [5.74, 6) is 0.923. The van der Waals surface area contributed by atoms with Gasteiger partial charge in [-0.25, -0.2) is 0 Å². The number of hydrogen-bond acceptors (Lipinski definition) is 6. The molecule has 0 spiro atoms. The number of rotatable bonds is 9. The van der Waals surface area contributed by atoms with Gasteiger partial charge in [-0.2, -0.15) is 0 Å². The van der Waals surface area contributed by atoms with E-state index >= 15 is 0 Å². The average Bonchev–Trinajstić information content (AvgIpc) is 3.32. The number of carbonyl (C=O) groups is 2. The van der Waals surface area contributed by atoms with Crippen molar-refractivity contribution in [1.29, 1.82) is 0 Å². The molecule has 2 amide bonds. The van der Waals surface area contributed by atoms with Crippen LogP contribution in [-0.2, 0) is 17.8 Å². The number of benzene rings is 1. The predicted molar refractivity (Wildman–Crippen MR) is 126 cm³/mol. The minimum Gasteiger partial charge on any atom is -0.493 e. The second-order valence-corrected chi connectivity index (χ2v) is 8.12. The minimum absolute atomic E-state index is 0.140. The van der Waals surface area contributed by atoms with Crippen molar-refractivity contribution in [1.82, 2.24) is 15.2 Å². The number of furan rings is 1. The van der Waals surface area contributed by atoms with Crippen LogP contribution in [0.3, 0.4) is 0 Å². The number of pyridine rings is 1. The van der Waals surface area contributed by atoms with Crippen molar-refractivity contribution in [3.8, 4) is 11.5 Å². The lowest BCUT2D eigenvalue weighted by Gasteiger charge is -2.29. The van der Waals surface area contributed by atoms with Gasteiger partial charge in [-0.3, -0.25) is 14.6 Å². The van der Waals surface area contributed by atoms with Crippen molar-refractivity contribution in [3.63, 3.8) is 0 Å². The van der Waals surface area contributed by atoms with E-state index in [9.17, 15) is 9.59 Å². The molecule has 4 rings (SSSR count). The molecule has 8 nitrogen and oxygen atoms in total. The number of ether oxygens (including phenoxy) is 2. The number of hydrogen-bond donors (Lipinski definition) is 1. The summed E-state index contributed by atoms with van der Waals surface area (Å²) in [6.45, 7) is 1.32. The molecule has 0 saturated carbocycles. The normalized spacial score (nSPS) is 15.8. The summed E-state index contributed by atoms with van der Waals surface area (Å²) in [6, 6.07) is 14.0. The van der Waals surface area contributed by atoms with Gasteiger partial charge in [0.25, 0.3) is 5.91 Å². The van der Waals surface area contributed by atoms with Crippen molar-refractivity contribution in [2.75, 3.05) is 20.3 Å². The monoisotopic (exact) mass is 463 g/mol. The molecule has 34 heavy (non-hydrogen) atoms. The third-order valence-electron chi connectivity index (χ3n) is 5.80. The van der Waals surface area contributed by atoms with Crippen LogP contribution in [0.1, 0.15) is 41.1 Å². The van der Waals surface area contributed by atoms with Gasteiger partial charge in [0.1, 0.15) is 6.04 Å². The Hall–Kier alpha value is -3.81. The number of amides is 2. The van der Waals surface area contributed by atoms with Crippen molar-refractivity contribution < 1.29 is 23.5 Å². The van der Waals surface area contributed by atoms with Crippen molar-refractivity contribution in [2.45, 2.75) is 38.3 Å². The molecule has 0 bridgehead atoms. The van der Waals surface area contributed by atoms with Gasteiger partial charge in [-0.05, 0) is 61.2 Å². The Morgan fingerprint density at radius 3 is 2.85 bits per heavy atom. The van der Waals surface area contributed by atoms with E-state index in [0.717, 1.165) is 24.1 Å². The van der Waals surface area contributed by atoms with Gasteiger partial charge in [-0.15, -0.1) is 0 Å². The molecule has 1 aromatic carbocycles. The summed E-state index contributed by atoms with van der Waals surface area (Å²) >= 11 is 0. The van der Waals surface area contributed by atoms with Crippen molar-refractivity contribution >= 4 is 11.8 Å². The smallest absolute Gasteiger partial charge is 0.290 e. The number of nitrogens with one attached hydrogen (secondary N) is 1. The Bertz CT molecular complexity index is 1090. The minimum atomic E-state index is -0.569. The lowest BCUT2D eigenvalue weighted by molar-refractivity contribution is -0.125. The summed E-state index contributed by atoms with van der Waals surface area (Å²) in [7, 11) is 1.58. The molecular formula is C26H29N3O5. The zero-order valence-corrected chi connectivity index (χ0v) is 19.2. The topological polar surface area (TPSA) is 93.9 Å². The average molecular weight is 464 g/mol. The molecule has 1 atom stereocenters. The molecule has 1 N–H and O–H groups in total. The molecule has 2 aromatic heterocycles. The number of nitrogens with zero attached hydrogens (tertiary/aromatic N) is 2. The van der Waals surface area contributed by atoms with Crippen LogP contribution in [0.15, 0.2) is 65.4 Å². The quantitative estimate of drug-likeness (QED) is 0.521. The van der Waals surface area contributed by atoms with Gasteiger partial charge in [0.2, 0.25) is 5.91 Å². The van der Waals surface area contributed by atoms with Gasteiger partial charge in [0, 0.05) is 31.4 Å². The number of methoxy groups -OCH3 is 1. The van der Waals surface area contributed by atoms with Crippen LogP contribution >= 0.6 is 0 Å². The number of aromatic nitrogens is 1. The van der Waals surface area contributed by atoms with Gasteiger partial charge in [0.05, 0.1) is 20.0 Å². The van der Waals surface area contributed by atoms with Crippen LogP contribution in [0.2, 0.25) is 0 Å². The van der Waals surface area contributed by atoms with E-state index < -0.39 is 6.04 Å². The third kappa shape index (κ3) is 5.75. The SMILES string of the molecule is COc1cc(CN(C(=O)c2ccco2)[C@H]2CCCCNC2=O)ccc1OCCc1ccccn1. The van der Waals surface area contributed by atoms with Gasteiger partial charge >= 0.3 is 0 Å². The molecule has 1 fully saturated rings. The molecule has 1 saturated heterocycles. The van der Waals surface area contributed by atoms with Gasteiger partial charge in [-0.1, -0.05) is 12.1 Å².